The number of unbranched alkanes of at least 4 members (excludes halogenated alkanes) is 1. The molecule has 0 saturated heterocycles. The van der Waals surface area contributed by atoms with Crippen molar-refractivity contribution in [2.24, 2.45) is 0 Å². The highest BCUT2D eigenvalue weighted by Gasteiger charge is 1.81. The minimum atomic E-state index is 1.04. The van der Waals surface area contributed by atoms with Gasteiger partial charge in [0.2, 0.25) is 0 Å². The Labute approximate surface area is 67.8 Å². The average molecular weight is 147 g/mol. The number of aromatic nitrogens is 1. The molecule has 0 bridgehead atoms. The van der Waals surface area contributed by atoms with E-state index < -0.39 is 0 Å². The molecule has 1 heterocycles. The maximum absolute atomic E-state index is 4.16. The van der Waals surface area contributed by atoms with Crippen LogP contribution in [0.2, 0.25) is 0 Å². The summed E-state index contributed by atoms with van der Waals surface area (Å²) in [5.74, 6) is 0. The zero-order valence-corrected chi connectivity index (χ0v) is 6.83. The summed E-state index contributed by atoms with van der Waals surface area (Å²) in [6, 6.07) is 5.93. The summed E-state index contributed by atoms with van der Waals surface area (Å²) >= 11 is 0. The van der Waals surface area contributed by atoms with E-state index in [9.17, 15) is 0 Å². The molecule has 1 heteroatoms. The monoisotopic (exact) mass is 147 g/mol. The van der Waals surface area contributed by atoms with Crippen LogP contribution < -0.4 is 0 Å². The maximum atomic E-state index is 4.16. The van der Waals surface area contributed by atoms with E-state index in [4.69, 9.17) is 0 Å². The lowest BCUT2D eigenvalue weighted by atomic mass is 10.2. The molecule has 11 heavy (non-hydrogen) atoms. The van der Waals surface area contributed by atoms with Crippen molar-refractivity contribution < 1.29 is 0 Å². The van der Waals surface area contributed by atoms with Crippen molar-refractivity contribution >= 4 is 6.08 Å². The van der Waals surface area contributed by atoms with E-state index in [1.54, 1.807) is 0 Å². The highest BCUT2D eigenvalue weighted by Crippen LogP contribution is 1.98. The molecule has 0 N–H and O–H groups in total. The number of allylic oxidation sites excluding steroid dienone is 1. The van der Waals surface area contributed by atoms with Crippen molar-refractivity contribution in [3.63, 3.8) is 0 Å². The molecule has 0 aliphatic rings. The van der Waals surface area contributed by atoms with Gasteiger partial charge in [-0.3, -0.25) is 4.98 Å². The Hall–Kier alpha value is -1.11. The average Bonchev–Trinajstić information content (AvgIpc) is 2.07. The maximum Gasteiger partial charge on any atom is 0.0626 e. The van der Waals surface area contributed by atoms with Gasteiger partial charge in [-0.15, -0.1) is 0 Å². The van der Waals surface area contributed by atoms with Gasteiger partial charge < -0.3 is 0 Å². The fourth-order valence-electron chi connectivity index (χ4n) is 0.845. The molecule has 0 unspecified atom stereocenters. The number of hydrogen-bond donors (Lipinski definition) is 0. The first kappa shape index (κ1) is 7.99. The lowest BCUT2D eigenvalue weighted by Crippen LogP contribution is -1.75. The van der Waals surface area contributed by atoms with Crippen molar-refractivity contribution in [1.82, 2.24) is 4.98 Å². The van der Waals surface area contributed by atoms with E-state index in [1.807, 2.05) is 24.4 Å². The summed E-state index contributed by atoms with van der Waals surface area (Å²) in [7, 11) is 0. The molecule has 0 atom stereocenters. The van der Waals surface area contributed by atoms with Crippen molar-refractivity contribution in [1.29, 1.82) is 0 Å². The molecule has 0 aromatic carbocycles. The van der Waals surface area contributed by atoms with E-state index in [0.29, 0.717) is 0 Å². The number of hydrogen-bond acceptors (Lipinski definition) is 1. The Morgan fingerprint density at radius 2 is 2.36 bits per heavy atom. The highest BCUT2D eigenvalue weighted by molar-refractivity contribution is 5.43. The van der Waals surface area contributed by atoms with Crippen LogP contribution in [-0.4, -0.2) is 4.98 Å². The summed E-state index contributed by atoms with van der Waals surface area (Å²) in [4.78, 5) is 4.16. The summed E-state index contributed by atoms with van der Waals surface area (Å²) < 4.78 is 0. The van der Waals surface area contributed by atoms with Crippen LogP contribution in [0.25, 0.3) is 6.08 Å². The highest BCUT2D eigenvalue weighted by atomic mass is 14.6. The number of pyridine rings is 1. The quantitative estimate of drug-likeness (QED) is 0.640. The van der Waals surface area contributed by atoms with Gasteiger partial charge in [-0.2, -0.15) is 0 Å². The van der Waals surface area contributed by atoms with Gasteiger partial charge in [0.15, 0.2) is 0 Å². The Kier molecular flexibility index (Phi) is 3.39. The fourth-order valence-corrected chi connectivity index (χ4v) is 0.845. The molecule has 0 aliphatic carbocycles. The van der Waals surface area contributed by atoms with Crippen molar-refractivity contribution in [3.05, 3.63) is 36.2 Å². The molecule has 58 valence electrons. The van der Waals surface area contributed by atoms with Crippen LogP contribution in [-0.2, 0) is 0 Å². The smallest absolute Gasteiger partial charge is 0.0626 e. The molecule has 1 aromatic heterocycles. The number of rotatable bonds is 3. The molecule has 1 aromatic rings. The molecule has 0 radical (unpaired) electrons. The predicted molar refractivity (Wildman–Crippen MR) is 48.2 cm³/mol. The topological polar surface area (TPSA) is 12.9 Å². The Balaban J connectivity index is 2.50. The minimum absolute atomic E-state index is 1.04. The summed E-state index contributed by atoms with van der Waals surface area (Å²) in [6.45, 7) is 2.17. The van der Waals surface area contributed by atoms with Crippen LogP contribution in [0.4, 0.5) is 0 Å². The van der Waals surface area contributed by atoms with Crippen LogP contribution in [0.5, 0.6) is 0 Å². The van der Waals surface area contributed by atoms with E-state index >= 15 is 0 Å². The normalized spacial score (nSPS) is 10.6. The third-order valence-corrected chi connectivity index (χ3v) is 1.43. The van der Waals surface area contributed by atoms with Gasteiger partial charge in [-0.05, 0) is 24.6 Å². The van der Waals surface area contributed by atoms with Crippen molar-refractivity contribution in [3.8, 4) is 0 Å². The van der Waals surface area contributed by atoms with E-state index in [0.717, 1.165) is 12.1 Å². The van der Waals surface area contributed by atoms with Crippen molar-refractivity contribution in [2.75, 3.05) is 0 Å². The van der Waals surface area contributed by atoms with E-state index in [2.05, 4.69) is 24.1 Å². The Morgan fingerprint density at radius 1 is 1.45 bits per heavy atom. The SMILES string of the molecule is CCC/C=C\c1ccccn1. The second-order valence-corrected chi connectivity index (χ2v) is 2.45. The summed E-state index contributed by atoms with van der Waals surface area (Å²) in [6.07, 6.45) is 8.36. The molecular weight excluding hydrogens is 134 g/mol. The van der Waals surface area contributed by atoms with Gasteiger partial charge in [-0.25, -0.2) is 0 Å². The molecule has 0 amide bonds. The van der Waals surface area contributed by atoms with E-state index in [1.165, 1.54) is 6.42 Å². The van der Waals surface area contributed by atoms with Crippen molar-refractivity contribution in [2.45, 2.75) is 19.8 Å². The fraction of sp³-hybridized carbons (Fsp3) is 0.300. The summed E-state index contributed by atoms with van der Waals surface area (Å²) in [5, 5.41) is 0. The van der Waals surface area contributed by atoms with Crippen LogP contribution >= 0.6 is 0 Å². The van der Waals surface area contributed by atoms with Gasteiger partial charge in [0.05, 0.1) is 5.69 Å². The molecule has 0 aliphatic heterocycles. The second kappa shape index (κ2) is 4.67. The lowest BCUT2D eigenvalue weighted by molar-refractivity contribution is 0.962. The largest absolute Gasteiger partial charge is 0.257 e. The summed E-state index contributed by atoms with van der Waals surface area (Å²) in [5.41, 5.74) is 1.04. The molecule has 1 rings (SSSR count). The Bertz CT molecular complexity index is 214. The van der Waals surface area contributed by atoms with Crippen LogP contribution in [0.15, 0.2) is 30.5 Å². The Morgan fingerprint density at radius 3 is 3.00 bits per heavy atom. The van der Waals surface area contributed by atoms with Crippen LogP contribution in [0.1, 0.15) is 25.5 Å². The zero-order valence-electron chi connectivity index (χ0n) is 6.83. The van der Waals surface area contributed by atoms with Crippen LogP contribution in [0, 0.1) is 0 Å². The third kappa shape index (κ3) is 2.99. The predicted octanol–water partition coefficient (Wildman–Crippen LogP) is 2.89. The van der Waals surface area contributed by atoms with Gasteiger partial charge in [0.1, 0.15) is 0 Å². The first-order valence-electron chi connectivity index (χ1n) is 4.01. The third-order valence-electron chi connectivity index (χ3n) is 1.43. The molecule has 0 fully saturated rings. The first-order valence-corrected chi connectivity index (χ1v) is 4.01. The molecule has 0 spiro atoms. The van der Waals surface area contributed by atoms with E-state index in [-0.39, 0.29) is 0 Å². The zero-order chi connectivity index (χ0) is 7.94. The number of nitrogens with zero attached hydrogens (tertiary/aromatic N) is 1. The standard InChI is InChI=1S/C10H13N/c1-2-3-4-7-10-8-5-6-9-11-10/h4-9H,2-3H2,1H3/b7-4-. The first-order chi connectivity index (χ1) is 5.43. The van der Waals surface area contributed by atoms with Gasteiger partial charge >= 0.3 is 0 Å². The lowest BCUT2D eigenvalue weighted by Gasteiger charge is -1.88. The molecule has 0 saturated carbocycles. The second-order valence-electron chi connectivity index (χ2n) is 2.45. The van der Waals surface area contributed by atoms with Gasteiger partial charge in [-0.1, -0.05) is 25.5 Å². The van der Waals surface area contributed by atoms with Gasteiger partial charge in [0, 0.05) is 6.20 Å². The van der Waals surface area contributed by atoms with Crippen LogP contribution in [0.3, 0.4) is 0 Å². The molecular formula is C10H13N. The minimum Gasteiger partial charge on any atom is -0.257 e. The van der Waals surface area contributed by atoms with Gasteiger partial charge in [0.25, 0.3) is 0 Å². The molecule has 1 nitrogen and oxygen atoms in total.